The van der Waals surface area contributed by atoms with Crippen LogP contribution in [-0.4, -0.2) is 30.0 Å². The van der Waals surface area contributed by atoms with E-state index in [-0.39, 0.29) is 0 Å². The van der Waals surface area contributed by atoms with E-state index in [0.717, 1.165) is 55.8 Å². The van der Waals surface area contributed by atoms with Crippen LogP contribution < -0.4 is 10.6 Å². The molecule has 2 aliphatic rings. The summed E-state index contributed by atoms with van der Waals surface area (Å²) in [5, 5.41) is 16.4. The van der Waals surface area contributed by atoms with E-state index in [1.54, 1.807) is 0 Å². The molecule has 0 amide bonds. The number of rotatable bonds is 6. The van der Waals surface area contributed by atoms with E-state index < -0.39 is 0 Å². The number of anilines is 1. The van der Waals surface area contributed by atoms with Crippen molar-refractivity contribution in [1.29, 1.82) is 5.26 Å². The van der Waals surface area contributed by atoms with Crippen LogP contribution in [0.3, 0.4) is 0 Å². The minimum atomic E-state index is 0.455. The van der Waals surface area contributed by atoms with Crippen molar-refractivity contribution in [2.75, 3.05) is 25.0 Å². The number of piperidine rings is 1. The van der Waals surface area contributed by atoms with E-state index in [9.17, 15) is 5.26 Å². The molecule has 5 nitrogen and oxygen atoms in total. The lowest BCUT2D eigenvalue weighted by Crippen LogP contribution is -2.36. The summed E-state index contributed by atoms with van der Waals surface area (Å²) in [6, 6.07) is 13.3. The molecule has 2 aliphatic heterocycles. The number of benzene rings is 2. The largest absolute Gasteiger partial charge is 0.387 e. The van der Waals surface area contributed by atoms with Crippen molar-refractivity contribution >= 4 is 24.0 Å². The van der Waals surface area contributed by atoms with E-state index in [1.807, 2.05) is 32.2 Å². The normalized spacial score (nSPS) is 16.6. The molecule has 2 heterocycles. The van der Waals surface area contributed by atoms with E-state index >= 15 is 0 Å². The van der Waals surface area contributed by atoms with Crippen LogP contribution in [-0.2, 0) is 10.7 Å². The van der Waals surface area contributed by atoms with E-state index in [0.29, 0.717) is 6.04 Å². The first-order valence-corrected chi connectivity index (χ1v) is 11.3. The summed E-state index contributed by atoms with van der Waals surface area (Å²) in [6.45, 7) is 7.64. The quantitative estimate of drug-likeness (QED) is 0.502. The van der Waals surface area contributed by atoms with Crippen LogP contribution in [0.2, 0.25) is 0 Å². The minimum absolute atomic E-state index is 0.455. The Kier molecular flexibility index (Phi) is 6.63. The highest BCUT2D eigenvalue weighted by Gasteiger charge is 2.22. The molecule has 1 saturated heterocycles. The lowest BCUT2D eigenvalue weighted by atomic mass is 9.93. The Balaban J connectivity index is 1.57. The van der Waals surface area contributed by atoms with Crippen molar-refractivity contribution in [2.24, 2.45) is 0 Å². The number of nitriles is 1. The highest BCUT2D eigenvalue weighted by Crippen LogP contribution is 2.33. The van der Waals surface area contributed by atoms with Gasteiger partial charge in [-0.15, -0.1) is 0 Å². The summed E-state index contributed by atoms with van der Waals surface area (Å²) >= 11 is 1.50. The van der Waals surface area contributed by atoms with Gasteiger partial charge in [0.25, 0.3) is 0 Å². The summed E-state index contributed by atoms with van der Waals surface area (Å²) in [4.78, 5) is 0. The fourth-order valence-corrected chi connectivity index (χ4v) is 4.65. The van der Waals surface area contributed by atoms with Crippen LogP contribution >= 0.6 is 12.2 Å². The molecule has 0 bridgehead atoms. The molecule has 2 aromatic rings. The Labute approximate surface area is 183 Å². The Morgan fingerprint density at radius 3 is 2.80 bits per heavy atom. The van der Waals surface area contributed by atoms with E-state index in [2.05, 4.69) is 45.3 Å². The summed E-state index contributed by atoms with van der Waals surface area (Å²) in [5.41, 5.74) is 7.84. The fourth-order valence-electron chi connectivity index (χ4n) is 4.04. The second-order valence-corrected chi connectivity index (χ2v) is 8.68. The van der Waals surface area contributed by atoms with Gasteiger partial charge in [-0.2, -0.15) is 5.26 Å². The predicted molar refractivity (Wildman–Crippen MR) is 125 cm³/mol. The van der Waals surface area contributed by atoms with Gasteiger partial charge in [-0.1, -0.05) is 12.1 Å². The summed E-state index contributed by atoms with van der Waals surface area (Å²) in [7, 11) is 0. The van der Waals surface area contributed by atoms with Crippen LogP contribution in [0.1, 0.15) is 42.0 Å². The average Bonchev–Trinajstić information content (AvgIpc) is 2.78. The van der Waals surface area contributed by atoms with Crippen LogP contribution in [0, 0.1) is 18.3 Å². The Hall–Kier alpha value is -2.46. The van der Waals surface area contributed by atoms with Crippen molar-refractivity contribution in [3.8, 4) is 17.2 Å². The average molecular weight is 421 g/mol. The smallest absolute Gasteiger partial charge is 0.0994 e. The molecule has 30 heavy (non-hydrogen) atoms. The molecule has 0 unspecified atom stereocenters. The van der Waals surface area contributed by atoms with Crippen LogP contribution in [0.25, 0.3) is 17.2 Å². The number of nitrogens with one attached hydrogen (secondary N) is 2. The lowest BCUT2D eigenvalue weighted by Gasteiger charge is -2.32. The van der Waals surface area contributed by atoms with E-state index in [4.69, 9.17) is 4.18 Å². The van der Waals surface area contributed by atoms with Gasteiger partial charge in [-0.3, -0.25) is 0 Å². The Morgan fingerprint density at radius 1 is 1.23 bits per heavy atom. The third-order valence-electron chi connectivity index (χ3n) is 5.71. The van der Waals surface area contributed by atoms with Gasteiger partial charge < -0.3 is 14.8 Å². The van der Waals surface area contributed by atoms with E-state index in [1.165, 1.54) is 34.6 Å². The molecule has 0 atom stereocenters. The molecular formula is C24H28N4OS. The number of nitrogens with zero attached hydrogens (tertiary/aromatic N) is 2. The number of aryl methyl sites for hydroxylation is 1. The van der Waals surface area contributed by atoms with Gasteiger partial charge in [0, 0.05) is 36.9 Å². The maximum absolute atomic E-state index is 9.24. The maximum Gasteiger partial charge on any atom is 0.0994 e. The first-order chi connectivity index (χ1) is 14.7. The molecule has 0 radical (unpaired) electrons. The van der Waals surface area contributed by atoms with Gasteiger partial charge in [0.05, 0.1) is 30.5 Å². The molecule has 4 rings (SSSR count). The number of fused-ring (bicyclic) bond motifs is 1. The zero-order valence-corrected chi connectivity index (χ0v) is 18.4. The molecule has 1 fully saturated rings. The van der Waals surface area contributed by atoms with Crippen LogP contribution in [0.5, 0.6) is 0 Å². The first-order valence-electron chi connectivity index (χ1n) is 10.6. The van der Waals surface area contributed by atoms with Gasteiger partial charge in [0.1, 0.15) is 0 Å². The molecular weight excluding hydrogens is 392 g/mol. The molecule has 2 N–H and O–H groups in total. The molecule has 0 aromatic heterocycles. The number of hydrogen-bond acceptors (Lipinski definition) is 6. The summed E-state index contributed by atoms with van der Waals surface area (Å²) in [6.07, 6.45) is 6.35. The lowest BCUT2D eigenvalue weighted by molar-refractivity contribution is 0.312. The molecule has 6 heteroatoms. The first kappa shape index (κ1) is 20.8. The maximum atomic E-state index is 9.24. The van der Waals surface area contributed by atoms with Crippen LogP contribution in [0.4, 0.5) is 5.69 Å². The Bertz CT molecular complexity index is 974. The summed E-state index contributed by atoms with van der Waals surface area (Å²) < 4.78 is 7.78. The molecule has 2 aromatic carbocycles. The van der Waals surface area contributed by atoms with Crippen molar-refractivity contribution in [3.63, 3.8) is 0 Å². The van der Waals surface area contributed by atoms with Gasteiger partial charge in [0.15, 0.2) is 0 Å². The third-order valence-corrected chi connectivity index (χ3v) is 6.63. The van der Waals surface area contributed by atoms with Crippen molar-refractivity contribution in [3.05, 3.63) is 58.8 Å². The summed E-state index contributed by atoms with van der Waals surface area (Å²) in [5.74, 6) is 0. The van der Waals surface area contributed by atoms with Gasteiger partial charge in [0.2, 0.25) is 0 Å². The predicted octanol–water partition coefficient (Wildman–Crippen LogP) is 5.08. The minimum Gasteiger partial charge on any atom is -0.387 e. The molecule has 0 spiro atoms. The standard InChI is InChI=1S/C24H28N4OS/c1-3-29-30-28-10-7-22(8-11-28)27-24-14-21(13-19-6-9-26-16-23(19)24)18-4-5-20(15-25)17(2)12-18/h4-6,9,12-14,22,26-27H,3,7-8,10-11,16H2,1-2H3. The second kappa shape index (κ2) is 9.57. The van der Waals surface area contributed by atoms with Gasteiger partial charge in [-0.05, 0) is 79.4 Å². The molecule has 156 valence electrons. The van der Waals surface area contributed by atoms with Crippen molar-refractivity contribution in [2.45, 2.75) is 39.3 Å². The molecule has 0 aliphatic carbocycles. The second-order valence-electron chi connectivity index (χ2n) is 7.78. The van der Waals surface area contributed by atoms with Gasteiger partial charge in [-0.25, -0.2) is 4.31 Å². The topological polar surface area (TPSA) is 60.3 Å². The fraction of sp³-hybridized carbons (Fsp3) is 0.375. The van der Waals surface area contributed by atoms with Crippen LogP contribution in [0.15, 0.2) is 36.5 Å². The zero-order chi connectivity index (χ0) is 20.9. The Morgan fingerprint density at radius 2 is 2.07 bits per heavy atom. The monoisotopic (exact) mass is 420 g/mol. The SMILES string of the molecule is CCOSN1CCC(Nc2cc(-c3ccc(C#N)c(C)c3)cc3c2CNC=C3)CC1. The zero-order valence-electron chi connectivity index (χ0n) is 17.6. The van der Waals surface area contributed by atoms with Crippen molar-refractivity contribution in [1.82, 2.24) is 9.62 Å². The third kappa shape index (κ3) is 4.65. The van der Waals surface area contributed by atoms with Crippen molar-refractivity contribution < 1.29 is 4.18 Å². The highest BCUT2D eigenvalue weighted by molar-refractivity contribution is 7.92. The number of hydrogen-bond donors (Lipinski definition) is 2. The van der Waals surface area contributed by atoms with Gasteiger partial charge >= 0.3 is 0 Å². The highest BCUT2D eigenvalue weighted by atomic mass is 32.2. The molecule has 0 saturated carbocycles.